The summed E-state index contributed by atoms with van der Waals surface area (Å²) in [6.45, 7) is 13.9. The van der Waals surface area contributed by atoms with Crippen LogP contribution in [0.4, 0.5) is 0 Å². The van der Waals surface area contributed by atoms with Crippen molar-refractivity contribution in [3.05, 3.63) is 64.5 Å². The maximum absolute atomic E-state index is 11.1. The first kappa shape index (κ1) is 30.5. The minimum absolute atomic E-state index is 0. The minimum Gasteiger partial charge on any atom is -0.553 e. The Morgan fingerprint density at radius 2 is 1.64 bits per heavy atom. The molecule has 0 saturated carbocycles. The number of ether oxygens (including phenoxy) is 2. The molecule has 1 aliphatic heterocycles. The smallest absolute Gasteiger partial charge is 0.0717 e. The molecule has 2 rings (SSSR count). The van der Waals surface area contributed by atoms with Crippen LogP contribution in [0.3, 0.4) is 0 Å². The second kappa shape index (κ2) is 13.3. The van der Waals surface area contributed by atoms with Crippen LogP contribution in [-0.4, -0.2) is 38.7 Å². The van der Waals surface area contributed by atoms with E-state index in [1.807, 2.05) is 64.3 Å². The molecule has 1 aromatic rings. The zero-order valence-electron chi connectivity index (χ0n) is 20.6. The van der Waals surface area contributed by atoms with Crippen LogP contribution in [-0.2, 0) is 42.3 Å². The molecule has 7 heteroatoms. The summed E-state index contributed by atoms with van der Waals surface area (Å²) in [6, 6.07) is 5.40. The van der Waals surface area contributed by atoms with E-state index in [9.17, 15) is 9.59 Å². The van der Waals surface area contributed by atoms with E-state index < -0.39 is 0 Å². The molecule has 0 atom stereocenters. The predicted octanol–water partition coefficient (Wildman–Crippen LogP) is 4.89. The summed E-state index contributed by atoms with van der Waals surface area (Å²) >= 11 is 0. The van der Waals surface area contributed by atoms with E-state index in [0.29, 0.717) is 17.1 Å². The van der Waals surface area contributed by atoms with Crippen LogP contribution in [0.5, 0.6) is 11.5 Å². The summed E-state index contributed by atoms with van der Waals surface area (Å²) in [5.41, 5.74) is 5.44. The number of nitriles is 1. The van der Waals surface area contributed by atoms with Crippen LogP contribution in [0.1, 0.15) is 45.7 Å². The van der Waals surface area contributed by atoms with Gasteiger partial charge in [0.25, 0.3) is 0 Å². The van der Waals surface area contributed by atoms with E-state index in [2.05, 4.69) is 13.5 Å². The number of hydrogen-bond donors (Lipinski definition) is 0. The zero-order chi connectivity index (χ0) is 24.6. The first-order valence-corrected chi connectivity index (χ1v) is 9.91. The van der Waals surface area contributed by atoms with Crippen LogP contribution in [0.25, 0.3) is 5.57 Å². The average Bonchev–Trinajstić information content (AvgIpc) is 2.77. The Bertz CT molecular complexity index is 1010. The van der Waals surface area contributed by atoms with Gasteiger partial charge in [-0.1, -0.05) is 62.1 Å². The summed E-state index contributed by atoms with van der Waals surface area (Å²) in [5, 5.41) is 8.31. The fourth-order valence-electron chi connectivity index (χ4n) is 3.03. The summed E-state index contributed by atoms with van der Waals surface area (Å²) < 4.78 is 10.6. The van der Waals surface area contributed by atoms with Gasteiger partial charge in [-0.3, -0.25) is 5.26 Å². The van der Waals surface area contributed by atoms with Gasteiger partial charge in [-0.2, -0.15) is 6.08 Å². The molecule has 33 heavy (non-hydrogen) atoms. The number of allylic oxidation sites excluding steroid dienone is 5. The van der Waals surface area contributed by atoms with Crippen molar-refractivity contribution in [1.82, 2.24) is 4.90 Å². The monoisotopic (exact) mass is 523 g/mol. The quantitative estimate of drug-likeness (QED) is 0.311. The van der Waals surface area contributed by atoms with Crippen LogP contribution in [0.2, 0.25) is 0 Å². The molecule has 0 N–H and O–H groups in total. The third kappa shape index (κ3) is 8.10. The second-order valence-corrected chi connectivity index (χ2v) is 8.35. The van der Waals surface area contributed by atoms with Crippen LogP contribution < -0.4 is 9.47 Å². The number of benzene rings is 1. The topological polar surface area (TPSA) is 79.6 Å². The minimum atomic E-state index is -0.123. The molecule has 173 valence electrons. The molecule has 1 radical (unpaired) electrons. The Morgan fingerprint density at radius 3 is 1.97 bits per heavy atom. The molecular weight excluding hydrogens is 493 g/mol. The maximum Gasteiger partial charge on any atom is 0.0717 e. The van der Waals surface area contributed by atoms with E-state index in [0.717, 1.165) is 28.0 Å². The van der Waals surface area contributed by atoms with Crippen molar-refractivity contribution in [3.8, 4) is 17.6 Å². The van der Waals surface area contributed by atoms with Crippen LogP contribution >= 0.6 is 0 Å². The van der Waals surface area contributed by atoms with Gasteiger partial charge >= 0.3 is 0 Å². The van der Waals surface area contributed by atoms with Crippen molar-refractivity contribution in [2.75, 3.05) is 21.3 Å². The third-order valence-corrected chi connectivity index (χ3v) is 4.87. The number of likely N-dealkylation sites (N-methyl/N-ethyl adjacent to an activating group) is 1. The fraction of sp³-hybridized carbons (Fsp3) is 0.346. The van der Waals surface area contributed by atoms with Crippen molar-refractivity contribution >= 4 is 18.1 Å². The fourth-order valence-corrected chi connectivity index (χ4v) is 3.03. The van der Waals surface area contributed by atoms with E-state index in [1.54, 1.807) is 18.4 Å². The van der Waals surface area contributed by atoms with Crippen LogP contribution in [0.15, 0.2) is 53.4 Å². The van der Waals surface area contributed by atoms with Gasteiger partial charge < -0.3 is 24.0 Å². The number of rotatable bonds is 5. The SMILES string of the molecule is C=C1C(C)=C(C)C(c2cc(OC)c([C-]=O)c(OC)c2)=CN1C.CC(C)(C)/C=C(\C#N)[C-]=O.[Y]. The molecule has 1 aliphatic rings. The maximum atomic E-state index is 11.1. The van der Waals surface area contributed by atoms with Gasteiger partial charge in [-0.05, 0) is 36.1 Å². The predicted molar refractivity (Wildman–Crippen MR) is 126 cm³/mol. The standard InChI is InChI=1S/C18H20NO3.C8H10NO.Y/c1-11-12(2)15(9-19(4)13(11)3)14-7-17(21-5)16(10-20)18(8-14)22-6;1-8(2,3)4-7(5-9)6-10;/h7-9H,3H2,1-2,4-6H3;4H,1-3H3;/q2*-1;/b;7-4+;. The van der Waals surface area contributed by atoms with Gasteiger partial charge in [0.05, 0.1) is 26.8 Å². The molecule has 0 amide bonds. The van der Waals surface area contributed by atoms with Gasteiger partial charge in [-0.25, -0.2) is 0 Å². The molecule has 0 saturated heterocycles. The van der Waals surface area contributed by atoms with Gasteiger partial charge in [-0.15, -0.1) is 0 Å². The van der Waals surface area contributed by atoms with E-state index in [4.69, 9.17) is 14.7 Å². The molecular formula is C26H30N2O4Y-2. The molecule has 0 aliphatic carbocycles. The molecule has 0 unspecified atom stereocenters. The Hall–Kier alpha value is -2.49. The molecule has 0 bridgehead atoms. The Balaban J connectivity index is 0.000000794. The number of methoxy groups -OCH3 is 2. The normalized spacial score (nSPS) is 13.7. The summed E-state index contributed by atoms with van der Waals surface area (Å²) in [5.74, 6) is 0.894. The van der Waals surface area contributed by atoms with Crippen molar-refractivity contribution in [2.45, 2.75) is 34.6 Å². The Kier molecular flexibility index (Phi) is 12.3. The van der Waals surface area contributed by atoms with Gasteiger partial charge in [0.2, 0.25) is 0 Å². The Morgan fingerprint density at radius 1 is 1.12 bits per heavy atom. The van der Waals surface area contributed by atoms with Crippen LogP contribution in [0, 0.1) is 16.7 Å². The Labute approximate surface area is 222 Å². The second-order valence-electron chi connectivity index (χ2n) is 8.35. The molecule has 1 aromatic carbocycles. The van der Waals surface area contributed by atoms with E-state index in [1.165, 1.54) is 14.2 Å². The number of carbonyl (C=O) groups excluding carboxylic acids is 2. The van der Waals surface area contributed by atoms with Crippen molar-refractivity contribution in [1.29, 1.82) is 5.26 Å². The molecule has 0 spiro atoms. The van der Waals surface area contributed by atoms with Crippen molar-refractivity contribution in [3.63, 3.8) is 0 Å². The third-order valence-electron chi connectivity index (χ3n) is 4.87. The molecule has 0 aromatic heterocycles. The first-order valence-electron chi connectivity index (χ1n) is 9.91. The molecule has 6 nitrogen and oxygen atoms in total. The number of nitrogens with zero attached hydrogens (tertiary/aromatic N) is 2. The van der Waals surface area contributed by atoms with Gasteiger partial charge in [0.15, 0.2) is 0 Å². The van der Waals surface area contributed by atoms with Gasteiger partial charge in [0.1, 0.15) is 0 Å². The summed E-state index contributed by atoms with van der Waals surface area (Å²) in [7, 11) is 5.01. The van der Waals surface area contributed by atoms with E-state index >= 15 is 0 Å². The summed E-state index contributed by atoms with van der Waals surface area (Å²) in [4.78, 5) is 23.1. The molecule has 1 heterocycles. The average molecular weight is 523 g/mol. The van der Waals surface area contributed by atoms with Crippen molar-refractivity contribution in [2.24, 2.45) is 5.41 Å². The van der Waals surface area contributed by atoms with Gasteiger partial charge in [0, 0.05) is 63.2 Å². The van der Waals surface area contributed by atoms with Crippen molar-refractivity contribution < 1.29 is 51.8 Å². The first-order chi connectivity index (χ1) is 14.9. The largest absolute Gasteiger partial charge is 0.553 e. The molecule has 0 fully saturated rings. The van der Waals surface area contributed by atoms with E-state index in [-0.39, 0.29) is 43.7 Å². The zero-order valence-corrected chi connectivity index (χ0v) is 23.5. The number of hydrogen-bond acceptors (Lipinski definition) is 6. The summed E-state index contributed by atoms with van der Waals surface area (Å²) in [6.07, 6.45) is 7.05.